The van der Waals surface area contributed by atoms with Crippen LogP contribution < -0.4 is 5.14 Å². The molecule has 1 aromatic carbocycles. The summed E-state index contributed by atoms with van der Waals surface area (Å²) < 4.78 is 28.1. The summed E-state index contributed by atoms with van der Waals surface area (Å²) in [6.07, 6.45) is 9.63. The highest BCUT2D eigenvalue weighted by molar-refractivity contribution is 7.89. The number of hydrogen-bond acceptors (Lipinski definition) is 4. The number of sulfonamides is 1. The number of nitrogens with zero attached hydrogens (tertiary/aromatic N) is 1. The van der Waals surface area contributed by atoms with E-state index in [9.17, 15) is 8.42 Å². The van der Waals surface area contributed by atoms with Crippen LogP contribution in [0.5, 0.6) is 0 Å². The monoisotopic (exact) mass is 330 g/mol. The zero-order valence-electron chi connectivity index (χ0n) is 12.8. The van der Waals surface area contributed by atoms with E-state index in [0.29, 0.717) is 12.2 Å². The molecule has 0 aliphatic rings. The van der Waals surface area contributed by atoms with Gasteiger partial charge in [0.05, 0.1) is 16.2 Å². The van der Waals surface area contributed by atoms with E-state index < -0.39 is 10.0 Å². The zero-order chi connectivity index (χ0) is 16.9. The zero-order valence-corrected chi connectivity index (χ0v) is 13.6. The Bertz CT molecular complexity index is 844. The Hall–Kier alpha value is -2.44. The molecule has 0 spiro atoms. The van der Waals surface area contributed by atoms with Crippen molar-refractivity contribution >= 4 is 16.1 Å². The van der Waals surface area contributed by atoms with Crippen molar-refractivity contribution in [1.82, 2.24) is 5.16 Å². The SMILES string of the molecule is C=C/C=C\C=C\c1onc(CC)c1-c1ccc(S(N)(=O)=O)cc1. The number of hydrogen-bond donors (Lipinski definition) is 1. The van der Waals surface area contributed by atoms with Gasteiger partial charge in [-0.1, -0.05) is 55.1 Å². The van der Waals surface area contributed by atoms with Gasteiger partial charge in [0.25, 0.3) is 0 Å². The molecular formula is C17H18N2O3S. The maximum atomic E-state index is 11.3. The standard InChI is InChI=1S/C17H18N2O3S/c1-3-5-6-7-8-16-17(15(4-2)19-22-16)13-9-11-14(12-10-13)23(18,20)21/h3,5-12H,1,4H2,2H3,(H2,18,20,21)/b6-5-,8-7+. The summed E-state index contributed by atoms with van der Waals surface area (Å²) in [5.41, 5.74) is 2.47. The van der Waals surface area contributed by atoms with Gasteiger partial charge in [-0.3, -0.25) is 0 Å². The highest BCUT2D eigenvalue weighted by Crippen LogP contribution is 2.30. The van der Waals surface area contributed by atoms with Crippen LogP contribution in [0.2, 0.25) is 0 Å². The molecule has 0 bridgehead atoms. The van der Waals surface area contributed by atoms with Crippen molar-refractivity contribution in [3.05, 3.63) is 66.6 Å². The first kappa shape index (κ1) is 16.9. The molecule has 0 radical (unpaired) electrons. The number of primary sulfonamides is 1. The summed E-state index contributed by atoms with van der Waals surface area (Å²) >= 11 is 0. The fourth-order valence-corrected chi connectivity index (χ4v) is 2.61. The van der Waals surface area contributed by atoms with E-state index in [0.717, 1.165) is 16.8 Å². The number of rotatable bonds is 6. The number of benzene rings is 1. The van der Waals surface area contributed by atoms with Crippen molar-refractivity contribution in [2.75, 3.05) is 0 Å². The van der Waals surface area contributed by atoms with Gasteiger partial charge in [0.1, 0.15) is 0 Å². The van der Waals surface area contributed by atoms with Gasteiger partial charge in [0, 0.05) is 0 Å². The van der Waals surface area contributed by atoms with Crippen LogP contribution in [0.15, 0.2) is 64.6 Å². The number of aromatic nitrogens is 1. The average molecular weight is 330 g/mol. The van der Waals surface area contributed by atoms with E-state index in [-0.39, 0.29) is 4.90 Å². The molecule has 23 heavy (non-hydrogen) atoms. The number of nitrogens with two attached hydrogens (primary N) is 1. The third-order valence-corrected chi connectivity index (χ3v) is 4.13. The summed E-state index contributed by atoms with van der Waals surface area (Å²) in [4.78, 5) is 0.0711. The van der Waals surface area contributed by atoms with Gasteiger partial charge in [0.2, 0.25) is 10.0 Å². The fraction of sp³-hybridized carbons (Fsp3) is 0.118. The molecule has 1 heterocycles. The van der Waals surface area contributed by atoms with Gasteiger partial charge < -0.3 is 4.52 Å². The van der Waals surface area contributed by atoms with Crippen molar-refractivity contribution < 1.29 is 12.9 Å². The smallest absolute Gasteiger partial charge is 0.238 e. The molecule has 0 amide bonds. The first-order chi connectivity index (χ1) is 11.0. The first-order valence-corrected chi connectivity index (χ1v) is 8.59. The van der Waals surface area contributed by atoms with Gasteiger partial charge in [0.15, 0.2) is 5.76 Å². The molecule has 0 saturated heterocycles. The van der Waals surface area contributed by atoms with Crippen LogP contribution in [-0.2, 0) is 16.4 Å². The van der Waals surface area contributed by atoms with Crippen LogP contribution in [-0.4, -0.2) is 13.6 Å². The normalized spacial score (nSPS) is 12.3. The molecule has 1 aromatic heterocycles. The summed E-state index contributed by atoms with van der Waals surface area (Å²) in [6, 6.07) is 6.34. The molecule has 2 rings (SSSR count). The van der Waals surface area contributed by atoms with Crippen LogP contribution in [0, 0.1) is 0 Å². The lowest BCUT2D eigenvalue weighted by Gasteiger charge is -2.03. The van der Waals surface area contributed by atoms with Crippen molar-refractivity contribution in [3.8, 4) is 11.1 Å². The van der Waals surface area contributed by atoms with Crippen molar-refractivity contribution in [3.63, 3.8) is 0 Å². The Kier molecular flexibility index (Phi) is 5.31. The maximum Gasteiger partial charge on any atom is 0.238 e. The minimum Gasteiger partial charge on any atom is -0.356 e. The molecule has 0 unspecified atom stereocenters. The van der Waals surface area contributed by atoms with E-state index in [1.54, 1.807) is 30.4 Å². The molecule has 0 fully saturated rings. The fourth-order valence-electron chi connectivity index (χ4n) is 2.10. The van der Waals surface area contributed by atoms with E-state index in [1.807, 2.05) is 19.1 Å². The lowest BCUT2D eigenvalue weighted by atomic mass is 10.0. The lowest BCUT2D eigenvalue weighted by molar-refractivity contribution is 0.406. The second kappa shape index (κ2) is 7.21. The summed E-state index contributed by atoms with van der Waals surface area (Å²) in [5.74, 6) is 0.610. The van der Waals surface area contributed by atoms with Gasteiger partial charge in [-0.2, -0.15) is 0 Å². The van der Waals surface area contributed by atoms with E-state index in [4.69, 9.17) is 9.66 Å². The summed E-state index contributed by atoms with van der Waals surface area (Å²) in [6.45, 7) is 5.58. The van der Waals surface area contributed by atoms with Gasteiger partial charge >= 0.3 is 0 Å². The molecule has 120 valence electrons. The van der Waals surface area contributed by atoms with Crippen LogP contribution in [0.1, 0.15) is 18.4 Å². The molecule has 0 aliphatic heterocycles. The molecule has 0 saturated carbocycles. The van der Waals surface area contributed by atoms with Gasteiger partial charge in [-0.15, -0.1) is 0 Å². The van der Waals surface area contributed by atoms with Crippen LogP contribution >= 0.6 is 0 Å². The van der Waals surface area contributed by atoms with Crippen LogP contribution in [0.4, 0.5) is 0 Å². The maximum absolute atomic E-state index is 11.3. The molecule has 0 atom stereocenters. The second-order valence-electron chi connectivity index (χ2n) is 4.77. The quantitative estimate of drug-likeness (QED) is 0.823. The van der Waals surface area contributed by atoms with Gasteiger partial charge in [-0.25, -0.2) is 13.6 Å². The van der Waals surface area contributed by atoms with E-state index in [2.05, 4.69) is 11.7 Å². The number of allylic oxidation sites excluding steroid dienone is 4. The molecule has 2 aromatic rings. The molecule has 0 aliphatic carbocycles. The largest absolute Gasteiger partial charge is 0.356 e. The summed E-state index contributed by atoms with van der Waals surface area (Å²) in [5, 5.41) is 9.19. The first-order valence-electron chi connectivity index (χ1n) is 7.05. The average Bonchev–Trinajstić information content (AvgIpc) is 2.94. The molecular weight excluding hydrogens is 312 g/mol. The van der Waals surface area contributed by atoms with Crippen LogP contribution in [0.25, 0.3) is 17.2 Å². The van der Waals surface area contributed by atoms with Crippen molar-refractivity contribution in [1.29, 1.82) is 0 Å². The second-order valence-corrected chi connectivity index (χ2v) is 6.33. The van der Waals surface area contributed by atoms with E-state index in [1.165, 1.54) is 12.1 Å². The highest BCUT2D eigenvalue weighted by Gasteiger charge is 2.16. The summed E-state index contributed by atoms with van der Waals surface area (Å²) in [7, 11) is -3.71. The van der Waals surface area contributed by atoms with Crippen LogP contribution in [0.3, 0.4) is 0 Å². The number of aryl methyl sites for hydroxylation is 1. The lowest BCUT2D eigenvalue weighted by Crippen LogP contribution is -2.11. The van der Waals surface area contributed by atoms with Crippen molar-refractivity contribution in [2.45, 2.75) is 18.2 Å². The predicted molar refractivity (Wildman–Crippen MR) is 91.1 cm³/mol. The van der Waals surface area contributed by atoms with Crippen molar-refractivity contribution in [2.24, 2.45) is 5.14 Å². The molecule has 5 nitrogen and oxygen atoms in total. The molecule has 6 heteroatoms. The Morgan fingerprint density at radius 3 is 2.48 bits per heavy atom. The Balaban J connectivity index is 2.45. The topological polar surface area (TPSA) is 86.2 Å². The van der Waals surface area contributed by atoms with Gasteiger partial charge in [-0.05, 0) is 30.2 Å². The Labute approximate surface area is 135 Å². The predicted octanol–water partition coefficient (Wildman–Crippen LogP) is 3.31. The Morgan fingerprint density at radius 2 is 1.91 bits per heavy atom. The minimum atomic E-state index is -3.71. The van der Waals surface area contributed by atoms with E-state index >= 15 is 0 Å². The third-order valence-electron chi connectivity index (χ3n) is 3.20. The minimum absolute atomic E-state index is 0.0711. The highest BCUT2D eigenvalue weighted by atomic mass is 32.2. The third kappa shape index (κ3) is 4.06. The Morgan fingerprint density at radius 1 is 1.22 bits per heavy atom. The molecule has 2 N–H and O–H groups in total.